The van der Waals surface area contributed by atoms with Crippen LogP contribution in [0, 0.1) is 0 Å². The van der Waals surface area contributed by atoms with E-state index in [-0.39, 0.29) is 0 Å². The van der Waals surface area contributed by atoms with Gasteiger partial charge in [0.25, 0.3) is 0 Å². The Hall–Kier alpha value is -5.78. The zero-order valence-electron chi connectivity index (χ0n) is 26.0. The Bertz CT molecular complexity index is 2720. The molecule has 1 aliphatic rings. The molecular formula is C42H29N3OSi. The molecule has 0 spiro atoms. The van der Waals surface area contributed by atoms with Gasteiger partial charge in [0.2, 0.25) is 0 Å². The van der Waals surface area contributed by atoms with E-state index in [9.17, 15) is 0 Å². The Labute approximate surface area is 272 Å². The largest absolute Gasteiger partial charge is 0.456 e. The summed E-state index contributed by atoms with van der Waals surface area (Å²) >= 11 is 0. The summed E-state index contributed by atoms with van der Waals surface area (Å²) in [4.78, 5) is 10.8. The van der Waals surface area contributed by atoms with Crippen molar-refractivity contribution in [1.29, 1.82) is 0 Å². The summed E-state index contributed by atoms with van der Waals surface area (Å²) in [6.07, 6.45) is 0. The highest BCUT2D eigenvalue weighted by Crippen LogP contribution is 2.44. The Balaban J connectivity index is 1.33. The van der Waals surface area contributed by atoms with Crippen LogP contribution in [0.5, 0.6) is 0 Å². The van der Waals surface area contributed by atoms with Gasteiger partial charge in [-0.05, 0) is 41.1 Å². The fourth-order valence-electron chi connectivity index (χ4n) is 7.86. The first-order chi connectivity index (χ1) is 23.1. The van der Waals surface area contributed by atoms with Gasteiger partial charge < -0.3 is 8.98 Å². The van der Waals surface area contributed by atoms with E-state index in [1.165, 1.54) is 32.4 Å². The van der Waals surface area contributed by atoms with Gasteiger partial charge in [-0.15, -0.1) is 0 Å². The van der Waals surface area contributed by atoms with E-state index in [0.717, 1.165) is 61.3 Å². The first-order valence-corrected chi connectivity index (χ1v) is 19.1. The first kappa shape index (κ1) is 26.4. The van der Waals surface area contributed by atoms with Crippen molar-refractivity contribution in [2.45, 2.75) is 13.1 Å². The summed E-state index contributed by atoms with van der Waals surface area (Å²) < 4.78 is 8.77. The molecule has 6 aromatic carbocycles. The summed E-state index contributed by atoms with van der Waals surface area (Å²) in [5.41, 5.74) is 10.7. The summed E-state index contributed by atoms with van der Waals surface area (Å²) in [6, 6.07) is 49.4. The van der Waals surface area contributed by atoms with Crippen molar-refractivity contribution in [3.05, 3.63) is 140 Å². The van der Waals surface area contributed by atoms with Crippen LogP contribution in [0.1, 0.15) is 0 Å². The van der Waals surface area contributed by atoms with Gasteiger partial charge in [-0.2, -0.15) is 0 Å². The molecule has 0 radical (unpaired) electrons. The molecule has 0 unspecified atom stereocenters. The highest BCUT2D eigenvalue weighted by atomic mass is 28.3. The number of benzene rings is 6. The highest BCUT2D eigenvalue weighted by Gasteiger charge is 2.41. The van der Waals surface area contributed by atoms with Gasteiger partial charge in [0.1, 0.15) is 19.2 Å². The van der Waals surface area contributed by atoms with Crippen LogP contribution in [0.2, 0.25) is 13.1 Å². The molecule has 9 aromatic rings. The average Bonchev–Trinajstić information content (AvgIpc) is 3.74. The predicted molar refractivity (Wildman–Crippen MR) is 197 cm³/mol. The minimum atomic E-state index is -2.10. The lowest BCUT2D eigenvalue weighted by Crippen LogP contribution is -2.50. The highest BCUT2D eigenvalue weighted by molar-refractivity contribution is 7.03. The topological polar surface area (TPSA) is 43.9 Å². The van der Waals surface area contributed by atoms with Gasteiger partial charge in [-0.1, -0.05) is 122 Å². The van der Waals surface area contributed by atoms with Gasteiger partial charge in [-0.25, -0.2) is 9.97 Å². The van der Waals surface area contributed by atoms with Crippen LogP contribution in [0.15, 0.2) is 144 Å². The van der Waals surface area contributed by atoms with Crippen molar-refractivity contribution in [3.8, 4) is 39.5 Å². The normalized spacial score (nSPS) is 13.5. The quantitative estimate of drug-likeness (QED) is 0.185. The molecule has 1 aliphatic heterocycles. The Morgan fingerprint density at radius 3 is 2.13 bits per heavy atom. The monoisotopic (exact) mass is 619 g/mol. The molecule has 47 heavy (non-hydrogen) atoms. The lowest BCUT2D eigenvalue weighted by molar-refractivity contribution is 0.669. The van der Waals surface area contributed by atoms with Crippen LogP contribution in [0.25, 0.3) is 83.2 Å². The second kappa shape index (κ2) is 9.61. The smallest absolute Gasteiger partial charge is 0.159 e. The second-order valence-corrected chi connectivity index (χ2v) is 17.2. The molecule has 10 rings (SSSR count). The lowest BCUT2D eigenvalue weighted by atomic mass is 9.99. The van der Waals surface area contributed by atoms with E-state index >= 15 is 0 Å². The Morgan fingerprint density at radius 1 is 0.553 bits per heavy atom. The molecule has 5 heteroatoms. The predicted octanol–water partition coefficient (Wildman–Crippen LogP) is 9.61. The number of rotatable bonds is 3. The number of para-hydroxylation sites is 3. The molecule has 0 fully saturated rings. The Morgan fingerprint density at radius 2 is 1.26 bits per heavy atom. The summed E-state index contributed by atoms with van der Waals surface area (Å²) in [6.45, 7) is 4.84. The number of hydrogen-bond donors (Lipinski definition) is 0. The third-order valence-electron chi connectivity index (χ3n) is 9.98. The molecule has 0 saturated heterocycles. The average molecular weight is 620 g/mol. The molecule has 0 saturated carbocycles. The fraction of sp³-hybridized carbons (Fsp3) is 0.0476. The van der Waals surface area contributed by atoms with Gasteiger partial charge in [0, 0.05) is 43.6 Å². The van der Waals surface area contributed by atoms with Crippen molar-refractivity contribution in [1.82, 2.24) is 14.5 Å². The molecular weight excluding hydrogens is 591 g/mol. The van der Waals surface area contributed by atoms with Crippen molar-refractivity contribution in [2.24, 2.45) is 0 Å². The molecule has 3 aromatic heterocycles. The summed E-state index contributed by atoms with van der Waals surface area (Å²) in [5, 5.41) is 7.31. The van der Waals surface area contributed by atoms with Crippen LogP contribution in [-0.2, 0) is 0 Å². The lowest BCUT2D eigenvalue weighted by Gasteiger charge is -2.20. The van der Waals surface area contributed by atoms with Crippen molar-refractivity contribution >= 4 is 62.3 Å². The van der Waals surface area contributed by atoms with E-state index in [0.29, 0.717) is 0 Å². The molecule has 0 atom stereocenters. The van der Waals surface area contributed by atoms with Crippen LogP contribution in [0.4, 0.5) is 0 Å². The van der Waals surface area contributed by atoms with E-state index in [2.05, 4.69) is 145 Å². The number of furan rings is 1. The number of nitrogens with zero attached hydrogens (tertiary/aromatic N) is 3. The zero-order valence-corrected chi connectivity index (χ0v) is 27.0. The Kier molecular flexibility index (Phi) is 5.41. The minimum Gasteiger partial charge on any atom is -0.456 e. The third-order valence-corrected chi connectivity index (χ3v) is 13.3. The van der Waals surface area contributed by atoms with Gasteiger partial charge in [-0.3, -0.25) is 0 Å². The van der Waals surface area contributed by atoms with E-state index in [4.69, 9.17) is 14.4 Å². The molecule has 0 N–H and O–H groups in total. The van der Waals surface area contributed by atoms with Crippen LogP contribution in [0.3, 0.4) is 0 Å². The van der Waals surface area contributed by atoms with E-state index < -0.39 is 8.07 Å². The van der Waals surface area contributed by atoms with Gasteiger partial charge >= 0.3 is 0 Å². The summed E-state index contributed by atoms with van der Waals surface area (Å²) in [5.74, 6) is 0.774. The van der Waals surface area contributed by atoms with Crippen molar-refractivity contribution < 1.29 is 4.42 Å². The fourth-order valence-corrected chi connectivity index (χ4v) is 10.8. The van der Waals surface area contributed by atoms with Crippen LogP contribution >= 0.6 is 0 Å². The third kappa shape index (κ3) is 3.63. The molecule has 222 valence electrons. The van der Waals surface area contributed by atoms with E-state index in [1.807, 2.05) is 12.1 Å². The number of hydrogen-bond acceptors (Lipinski definition) is 3. The van der Waals surface area contributed by atoms with Crippen LogP contribution < -0.4 is 10.5 Å². The second-order valence-electron chi connectivity index (χ2n) is 13.0. The minimum absolute atomic E-state index is 0.774. The number of aromatic nitrogens is 3. The SMILES string of the molecule is C[Si]1(C)c2ccccc2-c2c(-c3ccccc3-n3c4ccccc4c4c5c(ccc43)oc3ccccc35)nc(-c3ccccc3)nc21. The maximum Gasteiger partial charge on any atom is 0.159 e. The van der Waals surface area contributed by atoms with Crippen molar-refractivity contribution in [3.63, 3.8) is 0 Å². The molecule has 0 aliphatic carbocycles. The van der Waals surface area contributed by atoms with Crippen LogP contribution in [-0.4, -0.2) is 22.6 Å². The molecule has 0 bridgehead atoms. The summed E-state index contributed by atoms with van der Waals surface area (Å²) in [7, 11) is -2.10. The molecule has 4 nitrogen and oxygen atoms in total. The number of fused-ring (bicyclic) bond motifs is 10. The van der Waals surface area contributed by atoms with Gasteiger partial charge in [0.05, 0.1) is 22.4 Å². The maximum atomic E-state index is 6.35. The molecule has 4 heterocycles. The first-order valence-electron chi connectivity index (χ1n) is 16.1. The van der Waals surface area contributed by atoms with Crippen molar-refractivity contribution in [2.75, 3.05) is 0 Å². The zero-order chi connectivity index (χ0) is 31.3. The van der Waals surface area contributed by atoms with E-state index in [1.54, 1.807) is 0 Å². The standard InChI is InChI=1S/C42H29N3OSi/c1-47(2)36-23-13-9-19-30(36)39-40(43-41(44-42(39)47)26-14-4-3-5-15-26)28-17-7-11-21-32(28)45-31-20-10-6-16-27(31)37-33(45)24-25-35-38(37)29-18-8-12-22-34(29)46-35/h3-25H,1-2H3. The maximum absolute atomic E-state index is 6.35. The molecule has 0 amide bonds. The van der Waals surface area contributed by atoms with Gasteiger partial charge in [0.15, 0.2) is 5.82 Å².